The first-order valence-corrected chi connectivity index (χ1v) is 9.14. The van der Waals surface area contributed by atoms with Gasteiger partial charge < -0.3 is 20.1 Å². The molecular formula is C22H24LuN3O3-. The van der Waals surface area contributed by atoms with Crippen LogP contribution in [0.5, 0.6) is 11.5 Å². The van der Waals surface area contributed by atoms with E-state index in [4.69, 9.17) is 15.2 Å². The van der Waals surface area contributed by atoms with Crippen molar-refractivity contribution < 1.29 is 51.1 Å². The summed E-state index contributed by atoms with van der Waals surface area (Å²) in [7, 11) is 3.55. The van der Waals surface area contributed by atoms with Crippen LogP contribution in [0.2, 0.25) is 0 Å². The first-order chi connectivity index (χ1) is 13.5. The minimum absolute atomic E-state index is 0. The van der Waals surface area contributed by atoms with Crippen LogP contribution in [0.4, 0.5) is 11.4 Å². The van der Waals surface area contributed by atoms with Gasteiger partial charge in [0.05, 0.1) is 25.4 Å². The molecular weight excluding hydrogens is 529 g/mol. The maximum absolute atomic E-state index is 11.5. The van der Waals surface area contributed by atoms with E-state index >= 15 is 0 Å². The van der Waals surface area contributed by atoms with Crippen LogP contribution < -0.4 is 9.47 Å². The van der Waals surface area contributed by atoms with E-state index in [2.05, 4.69) is 16.1 Å². The Morgan fingerprint density at radius 3 is 2.59 bits per heavy atom. The van der Waals surface area contributed by atoms with Gasteiger partial charge in [-0.05, 0) is 30.5 Å². The Hall–Kier alpha value is -2.05. The Balaban J connectivity index is 0.00000300. The van der Waals surface area contributed by atoms with Gasteiger partial charge in [0, 0.05) is 68.0 Å². The molecule has 1 N–H and O–H groups in total. The summed E-state index contributed by atoms with van der Waals surface area (Å²) in [5.41, 5.74) is 11.4. The van der Waals surface area contributed by atoms with Crippen molar-refractivity contribution in [3.63, 3.8) is 0 Å². The van der Waals surface area contributed by atoms with Gasteiger partial charge in [-0.25, -0.2) is 0 Å². The molecule has 0 bridgehead atoms. The van der Waals surface area contributed by atoms with Gasteiger partial charge in [-0.1, -0.05) is 24.3 Å². The normalized spacial score (nSPS) is 15.8. The van der Waals surface area contributed by atoms with Gasteiger partial charge in [0.1, 0.15) is 0 Å². The van der Waals surface area contributed by atoms with Crippen molar-refractivity contribution in [1.82, 2.24) is 4.90 Å². The maximum atomic E-state index is 11.5. The van der Waals surface area contributed by atoms with Gasteiger partial charge in [-0.3, -0.25) is 9.79 Å². The van der Waals surface area contributed by atoms with E-state index in [9.17, 15) is 4.79 Å². The van der Waals surface area contributed by atoms with E-state index in [-0.39, 0.29) is 42.9 Å². The Bertz CT molecular complexity index is 910. The Kier molecular flexibility index (Phi) is 8.53. The molecule has 2 aromatic rings. The second-order valence-electron chi connectivity index (χ2n) is 6.56. The molecule has 0 saturated carbocycles. The third-order valence-electron chi connectivity index (χ3n) is 4.69. The summed E-state index contributed by atoms with van der Waals surface area (Å²) >= 11 is 0. The SMILES string of the molecule is CCOc1cc(N=CC2CC(c3ccc([NH-])cc3)=CN2C)c(C=O)cc1OC.[Lu]. The summed E-state index contributed by atoms with van der Waals surface area (Å²) < 4.78 is 10.9. The topological polar surface area (TPSA) is 74.9 Å². The average molecular weight is 553 g/mol. The second-order valence-corrected chi connectivity index (χ2v) is 6.56. The third kappa shape index (κ3) is 5.52. The number of hydrogen-bond acceptors (Lipinski definition) is 5. The molecule has 2 aromatic carbocycles. The average Bonchev–Trinajstić information content (AvgIpc) is 3.07. The minimum atomic E-state index is 0. The van der Waals surface area contributed by atoms with Crippen LogP contribution in [0.15, 0.2) is 47.6 Å². The molecule has 0 amide bonds. The molecule has 0 spiro atoms. The zero-order chi connectivity index (χ0) is 20.1. The number of nitrogens with one attached hydrogen (secondary N) is 1. The second kappa shape index (κ2) is 10.7. The van der Waals surface area contributed by atoms with E-state index in [1.165, 1.54) is 5.57 Å². The predicted molar refractivity (Wildman–Crippen MR) is 112 cm³/mol. The summed E-state index contributed by atoms with van der Waals surface area (Å²) in [6, 6.07) is 11.0. The Morgan fingerprint density at radius 1 is 1.24 bits per heavy atom. The minimum Gasteiger partial charge on any atom is -0.699 e. The van der Waals surface area contributed by atoms with Crippen LogP contribution in [0.3, 0.4) is 0 Å². The summed E-state index contributed by atoms with van der Waals surface area (Å²) in [6.07, 6.45) is 5.53. The van der Waals surface area contributed by atoms with Gasteiger partial charge in [0.2, 0.25) is 0 Å². The Morgan fingerprint density at radius 2 is 1.97 bits per heavy atom. The molecule has 0 fully saturated rings. The first kappa shape index (κ1) is 23.2. The number of benzene rings is 2. The maximum Gasteiger partial charge on any atom is 0.163 e. The summed E-state index contributed by atoms with van der Waals surface area (Å²) in [5, 5.41) is 0. The standard InChI is InChI=1S/C22H24N3O3.Lu/c1-4-28-22-11-20(17(14-26)10-21(22)27-3)24-12-19-9-16(13-25(19)2)15-5-7-18(23)8-6-15;/h5-8,10-14,19,23H,4,9H2,1-3H3;/q-1;. The third-order valence-corrected chi connectivity index (χ3v) is 4.69. The number of aliphatic imine (C=N–C) groups is 1. The van der Waals surface area contributed by atoms with Crippen LogP contribution in [-0.4, -0.2) is 44.2 Å². The number of methoxy groups -OCH3 is 1. The van der Waals surface area contributed by atoms with Gasteiger partial charge >= 0.3 is 0 Å². The molecule has 7 heteroatoms. The fourth-order valence-corrected chi connectivity index (χ4v) is 3.16. The number of carbonyl (C=O) groups excluding carboxylic acids is 1. The van der Waals surface area contributed by atoms with Crippen molar-refractivity contribution in [2.75, 3.05) is 20.8 Å². The number of nitrogens with zero attached hydrogens (tertiary/aromatic N) is 2. The monoisotopic (exact) mass is 553 g/mol. The summed E-state index contributed by atoms with van der Waals surface area (Å²) in [4.78, 5) is 18.2. The fraction of sp³-hybridized carbons (Fsp3) is 0.273. The van der Waals surface area contributed by atoms with Crippen LogP contribution in [0.1, 0.15) is 29.3 Å². The van der Waals surface area contributed by atoms with Gasteiger partial charge in [-0.15, -0.1) is 5.69 Å². The van der Waals surface area contributed by atoms with E-state index in [0.29, 0.717) is 35.0 Å². The zero-order valence-electron chi connectivity index (χ0n) is 16.6. The smallest absolute Gasteiger partial charge is 0.163 e. The van der Waals surface area contributed by atoms with E-state index in [0.717, 1.165) is 18.3 Å². The molecule has 0 saturated heterocycles. The van der Waals surface area contributed by atoms with E-state index in [1.807, 2.05) is 32.3 Å². The van der Waals surface area contributed by atoms with Gasteiger partial charge in [0.15, 0.2) is 17.8 Å². The van der Waals surface area contributed by atoms with Crippen molar-refractivity contribution in [1.29, 1.82) is 0 Å². The molecule has 1 atom stereocenters. The number of hydrogen-bond donors (Lipinski definition) is 0. The number of rotatable bonds is 7. The molecule has 6 nitrogen and oxygen atoms in total. The van der Waals surface area contributed by atoms with Crippen LogP contribution in [0.25, 0.3) is 11.3 Å². The van der Waals surface area contributed by atoms with E-state index < -0.39 is 0 Å². The fourth-order valence-electron chi connectivity index (χ4n) is 3.16. The van der Waals surface area contributed by atoms with Crippen molar-refractivity contribution in [2.24, 2.45) is 4.99 Å². The summed E-state index contributed by atoms with van der Waals surface area (Å²) in [6.45, 7) is 2.39. The van der Waals surface area contributed by atoms with Crippen LogP contribution in [0, 0.1) is 36.9 Å². The predicted octanol–water partition coefficient (Wildman–Crippen LogP) is 5.04. The number of aldehydes is 1. The Labute approximate surface area is 200 Å². The van der Waals surface area contributed by atoms with Crippen molar-refractivity contribution in [3.8, 4) is 11.5 Å². The van der Waals surface area contributed by atoms with Gasteiger partial charge in [0.25, 0.3) is 0 Å². The van der Waals surface area contributed by atoms with Gasteiger partial charge in [-0.2, -0.15) is 0 Å². The van der Waals surface area contributed by atoms with Crippen LogP contribution in [-0.2, 0) is 0 Å². The van der Waals surface area contributed by atoms with Crippen molar-refractivity contribution in [3.05, 3.63) is 59.5 Å². The van der Waals surface area contributed by atoms with E-state index in [1.54, 1.807) is 31.4 Å². The molecule has 1 heterocycles. The molecule has 0 aliphatic carbocycles. The van der Waals surface area contributed by atoms with Crippen LogP contribution >= 0.6 is 0 Å². The summed E-state index contributed by atoms with van der Waals surface area (Å²) in [5.74, 6) is 1.08. The largest absolute Gasteiger partial charge is 0.699 e. The molecule has 161 valence electrons. The molecule has 1 aliphatic heterocycles. The van der Waals surface area contributed by atoms with Crippen molar-refractivity contribution >= 4 is 29.4 Å². The first-order valence-electron chi connectivity index (χ1n) is 9.14. The molecule has 1 radical (unpaired) electrons. The van der Waals surface area contributed by atoms with Crippen molar-refractivity contribution in [2.45, 2.75) is 19.4 Å². The molecule has 3 rings (SSSR count). The molecule has 1 unspecified atom stereocenters. The molecule has 1 aliphatic rings. The zero-order valence-corrected chi connectivity index (χ0v) is 18.2. The number of ether oxygens (including phenoxy) is 2. The quantitative estimate of drug-likeness (QED) is 0.356. The number of carbonyl (C=O) groups is 1. The molecule has 29 heavy (non-hydrogen) atoms. The molecule has 0 aromatic heterocycles.